The molecule has 1 atom stereocenters. The van der Waals surface area contributed by atoms with Gasteiger partial charge in [0, 0.05) is 11.6 Å². The molecule has 0 saturated carbocycles. The van der Waals surface area contributed by atoms with Gasteiger partial charge in [-0.25, -0.2) is 5.06 Å². The van der Waals surface area contributed by atoms with E-state index >= 15 is 0 Å². The van der Waals surface area contributed by atoms with Crippen molar-refractivity contribution in [3.05, 3.63) is 39.9 Å². The highest BCUT2D eigenvalue weighted by Gasteiger charge is 2.27. The molecule has 0 bridgehead atoms. The first-order chi connectivity index (χ1) is 8.58. The Morgan fingerprint density at radius 1 is 1.56 bits per heavy atom. The van der Waals surface area contributed by atoms with Gasteiger partial charge in [0.05, 0.1) is 24.0 Å². The number of rotatable bonds is 3. The molecule has 7 heteroatoms. The Morgan fingerprint density at radius 2 is 2.28 bits per heavy atom. The maximum atomic E-state index is 11.8. The van der Waals surface area contributed by atoms with Gasteiger partial charge in [0.15, 0.2) is 0 Å². The predicted octanol–water partition coefficient (Wildman–Crippen LogP) is 0.272. The summed E-state index contributed by atoms with van der Waals surface area (Å²) in [6.07, 6.45) is -0.816. The second-order valence-corrected chi connectivity index (χ2v) is 3.97. The van der Waals surface area contributed by atoms with E-state index in [1.165, 1.54) is 12.1 Å². The van der Waals surface area contributed by atoms with Gasteiger partial charge in [-0.2, -0.15) is 0 Å². The zero-order valence-electron chi connectivity index (χ0n) is 9.48. The molecule has 1 aliphatic rings. The predicted molar refractivity (Wildman–Crippen MR) is 60.5 cm³/mol. The third-order valence-corrected chi connectivity index (χ3v) is 2.61. The van der Waals surface area contributed by atoms with Crippen molar-refractivity contribution in [2.45, 2.75) is 12.5 Å². The monoisotopic (exact) mass is 252 g/mol. The Balaban J connectivity index is 2.09. The fourth-order valence-corrected chi connectivity index (χ4v) is 1.74. The van der Waals surface area contributed by atoms with E-state index in [2.05, 4.69) is 0 Å². The summed E-state index contributed by atoms with van der Waals surface area (Å²) in [4.78, 5) is 27.0. The molecule has 1 amide bonds. The fourth-order valence-electron chi connectivity index (χ4n) is 1.74. The van der Waals surface area contributed by atoms with Crippen molar-refractivity contribution in [2.24, 2.45) is 0 Å². The number of hydrogen-bond acceptors (Lipinski definition) is 5. The smallest absolute Gasteiger partial charge is 0.273 e. The average Bonchev–Trinajstić information content (AvgIpc) is 2.76. The molecule has 1 saturated heterocycles. The Kier molecular flexibility index (Phi) is 3.54. The molecule has 0 aliphatic carbocycles. The van der Waals surface area contributed by atoms with E-state index in [4.69, 9.17) is 4.84 Å². The van der Waals surface area contributed by atoms with Crippen molar-refractivity contribution in [2.75, 3.05) is 13.2 Å². The summed E-state index contributed by atoms with van der Waals surface area (Å²) in [5, 5.41) is 21.1. The fraction of sp³-hybridized carbons (Fsp3) is 0.364. The summed E-state index contributed by atoms with van der Waals surface area (Å²) in [6.45, 7) is 0.169. The van der Waals surface area contributed by atoms with E-state index < -0.39 is 16.9 Å². The van der Waals surface area contributed by atoms with Crippen LogP contribution < -0.4 is 0 Å². The summed E-state index contributed by atoms with van der Waals surface area (Å²) in [5.41, 5.74) is 0.239. The molecule has 0 spiro atoms. The summed E-state index contributed by atoms with van der Waals surface area (Å²) >= 11 is 0. The zero-order chi connectivity index (χ0) is 13.1. The molecule has 1 aromatic carbocycles. The molecule has 1 aromatic rings. The number of β-amino-alcohol motifs (C(OH)–C–C–N with tert-alkyl or cyclic N) is 1. The van der Waals surface area contributed by atoms with Crippen LogP contribution in [0.3, 0.4) is 0 Å². The number of para-hydroxylation sites is 1. The molecule has 1 fully saturated rings. The highest BCUT2D eigenvalue weighted by atomic mass is 16.7. The Labute approximate surface area is 103 Å². The van der Waals surface area contributed by atoms with Crippen molar-refractivity contribution in [3.8, 4) is 0 Å². The van der Waals surface area contributed by atoms with Crippen molar-refractivity contribution < 1.29 is 19.7 Å². The normalized spacial score (nSPS) is 18.9. The first-order valence-corrected chi connectivity index (χ1v) is 5.41. The van der Waals surface area contributed by atoms with Crippen LogP contribution in [0, 0.1) is 10.1 Å². The van der Waals surface area contributed by atoms with E-state index in [9.17, 15) is 20.0 Å². The molecule has 1 heterocycles. The first-order valence-electron chi connectivity index (χ1n) is 5.41. The molecule has 0 unspecified atom stereocenters. The maximum absolute atomic E-state index is 11.8. The maximum Gasteiger partial charge on any atom is 0.273 e. The van der Waals surface area contributed by atoms with Crippen LogP contribution in [0.1, 0.15) is 5.56 Å². The van der Waals surface area contributed by atoms with Gasteiger partial charge in [0.25, 0.3) is 11.6 Å². The van der Waals surface area contributed by atoms with Crippen molar-refractivity contribution in [1.29, 1.82) is 0 Å². The van der Waals surface area contributed by atoms with E-state index in [1.54, 1.807) is 12.1 Å². The minimum absolute atomic E-state index is 0.0720. The summed E-state index contributed by atoms with van der Waals surface area (Å²) in [5.74, 6) is -0.402. The molecule has 1 N–H and O–H groups in total. The topological polar surface area (TPSA) is 92.9 Å². The van der Waals surface area contributed by atoms with Crippen LogP contribution in [0.4, 0.5) is 5.69 Å². The second kappa shape index (κ2) is 5.11. The average molecular weight is 252 g/mol. The number of amides is 1. The van der Waals surface area contributed by atoms with E-state index in [1.807, 2.05) is 0 Å². The van der Waals surface area contributed by atoms with Gasteiger partial charge in [-0.3, -0.25) is 19.7 Å². The first kappa shape index (κ1) is 12.5. The van der Waals surface area contributed by atoms with Crippen molar-refractivity contribution in [1.82, 2.24) is 5.06 Å². The van der Waals surface area contributed by atoms with Crippen LogP contribution in [-0.2, 0) is 16.1 Å². The quantitative estimate of drug-likeness (QED) is 0.615. The van der Waals surface area contributed by atoms with Crippen LogP contribution in [-0.4, -0.2) is 40.3 Å². The molecule has 96 valence electrons. The summed E-state index contributed by atoms with van der Waals surface area (Å²) in [6, 6.07) is 6.06. The standard InChI is InChI=1S/C11H12N2O5/c14-9-6-12(18-7-9)11(15)5-8-3-1-2-4-10(8)13(16)17/h1-4,9,14H,5-7H2/t9-/m1/s1. The third-order valence-electron chi connectivity index (χ3n) is 2.61. The summed E-state index contributed by atoms with van der Waals surface area (Å²) in [7, 11) is 0. The SMILES string of the molecule is O=C(Cc1ccccc1[N+](=O)[O-])N1C[C@@H](O)CO1. The Morgan fingerprint density at radius 3 is 2.89 bits per heavy atom. The van der Waals surface area contributed by atoms with Crippen molar-refractivity contribution in [3.63, 3.8) is 0 Å². The number of aliphatic hydroxyl groups is 1. The lowest BCUT2D eigenvalue weighted by Crippen LogP contribution is -2.30. The van der Waals surface area contributed by atoms with Gasteiger partial charge in [0.2, 0.25) is 0 Å². The number of nitro groups is 1. The number of carbonyl (C=O) groups is 1. The van der Waals surface area contributed by atoms with Gasteiger partial charge in [-0.05, 0) is 0 Å². The minimum atomic E-state index is -0.695. The molecule has 2 rings (SSSR count). The Hall–Kier alpha value is -1.99. The van der Waals surface area contributed by atoms with Crippen LogP contribution in [0.25, 0.3) is 0 Å². The van der Waals surface area contributed by atoms with Gasteiger partial charge < -0.3 is 5.11 Å². The third kappa shape index (κ3) is 2.63. The Bertz CT molecular complexity index is 476. The summed E-state index contributed by atoms with van der Waals surface area (Å²) < 4.78 is 0. The van der Waals surface area contributed by atoms with Crippen LogP contribution in [0.15, 0.2) is 24.3 Å². The number of carbonyl (C=O) groups excluding carboxylic acids is 1. The number of nitrogens with zero attached hydrogens (tertiary/aromatic N) is 2. The van der Waals surface area contributed by atoms with E-state index in [-0.39, 0.29) is 25.3 Å². The van der Waals surface area contributed by atoms with Gasteiger partial charge in [0.1, 0.15) is 6.61 Å². The number of hydrogen-bond donors (Lipinski definition) is 1. The molecule has 0 radical (unpaired) electrons. The molecule has 0 aromatic heterocycles. The molecular weight excluding hydrogens is 240 g/mol. The van der Waals surface area contributed by atoms with E-state index in [0.717, 1.165) is 5.06 Å². The van der Waals surface area contributed by atoms with Crippen LogP contribution in [0.5, 0.6) is 0 Å². The van der Waals surface area contributed by atoms with Gasteiger partial charge in [-0.15, -0.1) is 0 Å². The lowest BCUT2D eigenvalue weighted by molar-refractivity contribution is -0.385. The molecule has 7 nitrogen and oxygen atoms in total. The highest BCUT2D eigenvalue weighted by molar-refractivity contribution is 5.79. The number of nitro benzene ring substituents is 1. The lowest BCUT2D eigenvalue weighted by Gasteiger charge is -2.13. The lowest BCUT2D eigenvalue weighted by atomic mass is 10.1. The van der Waals surface area contributed by atoms with Crippen LogP contribution in [0.2, 0.25) is 0 Å². The van der Waals surface area contributed by atoms with Gasteiger partial charge >= 0.3 is 0 Å². The number of benzene rings is 1. The highest BCUT2D eigenvalue weighted by Crippen LogP contribution is 2.19. The van der Waals surface area contributed by atoms with Crippen LogP contribution >= 0.6 is 0 Å². The zero-order valence-corrected chi connectivity index (χ0v) is 9.48. The number of aliphatic hydroxyl groups excluding tert-OH is 1. The molecular formula is C11H12N2O5. The molecule has 1 aliphatic heterocycles. The molecule has 18 heavy (non-hydrogen) atoms. The number of hydroxylamine groups is 2. The van der Waals surface area contributed by atoms with Gasteiger partial charge in [-0.1, -0.05) is 18.2 Å². The van der Waals surface area contributed by atoms with E-state index in [0.29, 0.717) is 5.56 Å². The minimum Gasteiger partial charge on any atom is -0.389 e. The second-order valence-electron chi connectivity index (χ2n) is 3.97. The largest absolute Gasteiger partial charge is 0.389 e. The van der Waals surface area contributed by atoms with Crippen molar-refractivity contribution >= 4 is 11.6 Å².